The second-order valence-corrected chi connectivity index (χ2v) is 11.4. The molecule has 8 nitrogen and oxygen atoms in total. The van der Waals surface area contributed by atoms with Crippen LogP contribution < -0.4 is 19.5 Å². The van der Waals surface area contributed by atoms with Crippen molar-refractivity contribution in [2.24, 2.45) is 0 Å². The highest BCUT2D eigenvalue weighted by Crippen LogP contribution is 2.44. The zero-order chi connectivity index (χ0) is 28.2. The van der Waals surface area contributed by atoms with E-state index in [-0.39, 0.29) is 29.1 Å². The predicted molar refractivity (Wildman–Crippen MR) is 152 cm³/mol. The highest BCUT2D eigenvalue weighted by molar-refractivity contribution is 7.99. The molecule has 3 aromatic rings. The fourth-order valence-electron chi connectivity index (χ4n) is 4.51. The Morgan fingerprint density at radius 1 is 1.00 bits per heavy atom. The van der Waals surface area contributed by atoms with Crippen LogP contribution in [0.4, 0.5) is 0 Å². The van der Waals surface area contributed by atoms with Crippen molar-refractivity contribution in [1.82, 2.24) is 15.2 Å². The molecule has 1 N–H and O–H groups in total. The Hall–Kier alpha value is -3.72. The largest absolute Gasteiger partial charge is 0.493 e. The third-order valence-electron chi connectivity index (χ3n) is 6.68. The van der Waals surface area contributed by atoms with Crippen molar-refractivity contribution in [2.45, 2.75) is 44.1 Å². The standard InChI is InChI=1S/C30H35N3O5S/c1-30(2,3)21-12-10-19(11-13-21)29-33(23(18-39-29)27(34)32-17-22-9-7-8-14-31-22)28(35)20-15-24(36-4)26(38-6)25(16-20)37-5/h7-16,23,29H,17-18H2,1-6H3,(H,32,34). The van der Waals surface area contributed by atoms with Crippen LogP contribution in [0.2, 0.25) is 0 Å². The maximum absolute atomic E-state index is 14.2. The molecule has 2 aromatic carbocycles. The van der Waals surface area contributed by atoms with Gasteiger partial charge in [0.15, 0.2) is 11.5 Å². The molecule has 0 bridgehead atoms. The van der Waals surface area contributed by atoms with Gasteiger partial charge in [-0.2, -0.15) is 0 Å². The normalized spacial score (nSPS) is 17.0. The van der Waals surface area contributed by atoms with Gasteiger partial charge in [-0.1, -0.05) is 51.1 Å². The summed E-state index contributed by atoms with van der Waals surface area (Å²) in [6.07, 6.45) is 1.68. The molecule has 9 heteroatoms. The van der Waals surface area contributed by atoms with E-state index < -0.39 is 6.04 Å². The maximum atomic E-state index is 14.2. The number of thioether (sulfide) groups is 1. The topological polar surface area (TPSA) is 90.0 Å². The third kappa shape index (κ3) is 6.14. The van der Waals surface area contributed by atoms with E-state index in [1.807, 2.05) is 30.3 Å². The molecule has 2 unspecified atom stereocenters. The highest BCUT2D eigenvalue weighted by Gasteiger charge is 2.43. The Bertz CT molecular complexity index is 1280. The summed E-state index contributed by atoms with van der Waals surface area (Å²) >= 11 is 1.57. The first-order valence-electron chi connectivity index (χ1n) is 12.7. The van der Waals surface area contributed by atoms with E-state index in [1.165, 1.54) is 26.9 Å². The van der Waals surface area contributed by atoms with Crippen molar-refractivity contribution < 1.29 is 23.8 Å². The van der Waals surface area contributed by atoms with Crippen molar-refractivity contribution >= 4 is 23.6 Å². The summed E-state index contributed by atoms with van der Waals surface area (Å²) in [6, 6.07) is 16.4. The lowest BCUT2D eigenvalue weighted by Gasteiger charge is -2.30. The molecule has 2 heterocycles. The van der Waals surface area contributed by atoms with Crippen LogP contribution in [0, 0.1) is 0 Å². The fourth-order valence-corrected chi connectivity index (χ4v) is 5.94. The van der Waals surface area contributed by atoms with E-state index in [4.69, 9.17) is 14.2 Å². The highest BCUT2D eigenvalue weighted by atomic mass is 32.2. The molecule has 1 aromatic heterocycles. The lowest BCUT2D eigenvalue weighted by molar-refractivity contribution is -0.125. The minimum Gasteiger partial charge on any atom is -0.493 e. The summed E-state index contributed by atoms with van der Waals surface area (Å²) in [7, 11) is 4.52. The summed E-state index contributed by atoms with van der Waals surface area (Å²) in [6.45, 7) is 6.76. The number of hydrogen-bond donors (Lipinski definition) is 1. The zero-order valence-corrected chi connectivity index (χ0v) is 24.0. The molecule has 39 heavy (non-hydrogen) atoms. The van der Waals surface area contributed by atoms with E-state index in [9.17, 15) is 9.59 Å². The predicted octanol–water partition coefficient (Wildman–Crippen LogP) is 4.98. The molecule has 4 rings (SSSR count). The van der Waals surface area contributed by atoms with Gasteiger partial charge < -0.3 is 24.4 Å². The van der Waals surface area contributed by atoms with Crippen molar-refractivity contribution in [3.05, 3.63) is 83.2 Å². The van der Waals surface area contributed by atoms with Crippen molar-refractivity contribution in [2.75, 3.05) is 27.1 Å². The number of nitrogens with one attached hydrogen (secondary N) is 1. The minimum atomic E-state index is -0.683. The molecule has 1 aliphatic heterocycles. The lowest BCUT2D eigenvalue weighted by Crippen LogP contribution is -2.47. The Morgan fingerprint density at radius 2 is 1.67 bits per heavy atom. The number of carbonyl (C=O) groups is 2. The molecule has 1 fully saturated rings. The molecule has 2 atom stereocenters. The number of benzene rings is 2. The Labute approximate surface area is 234 Å². The number of nitrogens with zero attached hydrogens (tertiary/aromatic N) is 2. The van der Waals surface area contributed by atoms with Crippen molar-refractivity contribution in [3.8, 4) is 17.2 Å². The number of amides is 2. The van der Waals surface area contributed by atoms with Crippen LogP contribution >= 0.6 is 11.8 Å². The number of methoxy groups -OCH3 is 3. The summed E-state index contributed by atoms with van der Waals surface area (Å²) < 4.78 is 16.4. The third-order valence-corrected chi connectivity index (χ3v) is 8.00. The lowest BCUT2D eigenvalue weighted by atomic mass is 9.86. The van der Waals surface area contributed by atoms with Crippen molar-refractivity contribution in [1.29, 1.82) is 0 Å². The van der Waals surface area contributed by atoms with Crippen LogP contribution in [0.1, 0.15) is 53.3 Å². The minimum absolute atomic E-state index is 0.000944. The second kappa shape index (κ2) is 12.0. The fraction of sp³-hybridized carbons (Fsp3) is 0.367. The second-order valence-electron chi connectivity index (χ2n) is 10.2. The van der Waals surface area contributed by atoms with E-state index in [0.29, 0.717) is 28.6 Å². The summed E-state index contributed by atoms with van der Waals surface area (Å²) in [5, 5.41) is 2.61. The quantitative estimate of drug-likeness (QED) is 0.424. The molecule has 0 spiro atoms. The van der Waals surface area contributed by atoms with E-state index in [0.717, 1.165) is 11.3 Å². The van der Waals surface area contributed by atoms with E-state index >= 15 is 0 Å². The van der Waals surface area contributed by atoms with Gasteiger partial charge in [0.2, 0.25) is 11.7 Å². The van der Waals surface area contributed by atoms with Crippen LogP contribution in [0.3, 0.4) is 0 Å². The van der Waals surface area contributed by atoms with Gasteiger partial charge in [-0.3, -0.25) is 14.6 Å². The van der Waals surface area contributed by atoms with Gasteiger partial charge in [0, 0.05) is 17.5 Å². The average Bonchev–Trinajstić information content (AvgIpc) is 3.40. The van der Waals surface area contributed by atoms with Crippen LogP contribution in [-0.2, 0) is 16.8 Å². The molecule has 1 aliphatic rings. The van der Waals surface area contributed by atoms with Gasteiger partial charge in [-0.05, 0) is 40.8 Å². The SMILES string of the molecule is COc1cc(C(=O)N2C(C(=O)NCc3ccccn3)CSC2c2ccc(C(C)(C)C)cc2)cc(OC)c1OC. The molecule has 0 aliphatic carbocycles. The Kier molecular flexibility index (Phi) is 8.70. The molecule has 1 saturated heterocycles. The first-order valence-corrected chi connectivity index (χ1v) is 13.7. The van der Waals surface area contributed by atoms with Gasteiger partial charge >= 0.3 is 0 Å². The Balaban J connectivity index is 1.70. The molecular formula is C30H35N3O5S. The van der Waals surface area contributed by atoms with Crippen LogP contribution in [0.5, 0.6) is 17.2 Å². The van der Waals surface area contributed by atoms with Gasteiger partial charge in [0.1, 0.15) is 11.4 Å². The zero-order valence-electron chi connectivity index (χ0n) is 23.2. The van der Waals surface area contributed by atoms with Gasteiger partial charge in [-0.25, -0.2) is 0 Å². The number of hydrogen-bond acceptors (Lipinski definition) is 7. The van der Waals surface area contributed by atoms with Gasteiger partial charge in [0.25, 0.3) is 5.91 Å². The molecule has 2 amide bonds. The van der Waals surface area contributed by atoms with E-state index in [1.54, 1.807) is 35.0 Å². The summed E-state index contributed by atoms with van der Waals surface area (Å²) in [4.78, 5) is 33.6. The number of carbonyl (C=O) groups excluding carboxylic acids is 2. The average molecular weight is 550 g/mol. The van der Waals surface area contributed by atoms with E-state index in [2.05, 4.69) is 43.2 Å². The molecular weight excluding hydrogens is 514 g/mol. The van der Waals surface area contributed by atoms with Crippen molar-refractivity contribution in [3.63, 3.8) is 0 Å². The number of aromatic nitrogens is 1. The Morgan fingerprint density at radius 3 is 2.21 bits per heavy atom. The van der Waals surface area contributed by atoms with Gasteiger partial charge in [0.05, 0.1) is 33.6 Å². The van der Waals surface area contributed by atoms with Gasteiger partial charge in [-0.15, -0.1) is 11.8 Å². The monoisotopic (exact) mass is 549 g/mol. The smallest absolute Gasteiger partial charge is 0.256 e. The van der Waals surface area contributed by atoms with Crippen LogP contribution in [-0.4, -0.2) is 54.8 Å². The number of pyridine rings is 1. The first-order chi connectivity index (χ1) is 18.7. The number of ether oxygens (including phenoxy) is 3. The summed E-state index contributed by atoms with van der Waals surface area (Å²) in [5.74, 6) is 1.05. The van der Waals surface area contributed by atoms with Crippen LogP contribution in [0.25, 0.3) is 0 Å². The maximum Gasteiger partial charge on any atom is 0.256 e. The summed E-state index contributed by atoms with van der Waals surface area (Å²) in [5.41, 5.74) is 3.23. The molecule has 0 saturated carbocycles. The number of rotatable bonds is 8. The molecule has 206 valence electrons. The van der Waals surface area contributed by atoms with Crippen LogP contribution in [0.15, 0.2) is 60.8 Å². The molecule has 0 radical (unpaired) electrons. The first kappa shape index (κ1) is 28.3.